The number of nitrogens with one attached hydrogen (secondary N) is 1. The number of halogens is 1. The SMILES string of the molecule is CCOc1ccc(C(=O)CC2COCCN2)cc1F. The van der Waals surface area contributed by atoms with Crippen molar-refractivity contribution in [2.75, 3.05) is 26.4 Å². The van der Waals surface area contributed by atoms with E-state index in [9.17, 15) is 9.18 Å². The first-order chi connectivity index (χ1) is 9.20. The van der Waals surface area contributed by atoms with Crippen LogP contribution in [0.4, 0.5) is 4.39 Å². The van der Waals surface area contributed by atoms with Crippen molar-refractivity contribution in [2.45, 2.75) is 19.4 Å². The van der Waals surface area contributed by atoms with Crippen molar-refractivity contribution in [2.24, 2.45) is 0 Å². The zero-order valence-electron chi connectivity index (χ0n) is 10.9. The lowest BCUT2D eigenvalue weighted by atomic mass is 10.0. The Morgan fingerprint density at radius 3 is 3.05 bits per heavy atom. The van der Waals surface area contributed by atoms with Crippen LogP contribution >= 0.6 is 0 Å². The van der Waals surface area contributed by atoms with Crippen LogP contribution in [0.5, 0.6) is 5.75 Å². The molecule has 1 aromatic rings. The van der Waals surface area contributed by atoms with Crippen LogP contribution in [0.2, 0.25) is 0 Å². The van der Waals surface area contributed by atoms with E-state index in [1.807, 2.05) is 0 Å². The van der Waals surface area contributed by atoms with Gasteiger partial charge in [0, 0.05) is 24.6 Å². The van der Waals surface area contributed by atoms with Gasteiger partial charge in [-0.1, -0.05) is 0 Å². The number of hydrogen-bond acceptors (Lipinski definition) is 4. The van der Waals surface area contributed by atoms with Crippen molar-refractivity contribution in [3.05, 3.63) is 29.6 Å². The molecule has 1 N–H and O–H groups in total. The normalized spacial score (nSPS) is 19.2. The van der Waals surface area contributed by atoms with Gasteiger partial charge in [-0.15, -0.1) is 0 Å². The van der Waals surface area contributed by atoms with E-state index in [0.29, 0.717) is 31.8 Å². The third-order valence-corrected chi connectivity index (χ3v) is 2.98. The Kier molecular flexibility index (Phi) is 4.87. The van der Waals surface area contributed by atoms with Gasteiger partial charge in [0.2, 0.25) is 0 Å². The van der Waals surface area contributed by atoms with Gasteiger partial charge in [-0.05, 0) is 25.1 Å². The number of hydrogen-bond donors (Lipinski definition) is 1. The van der Waals surface area contributed by atoms with Crippen LogP contribution in [0.25, 0.3) is 0 Å². The molecule has 0 spiro atoms. The van der Waals surface area contributed by atoms with Gasteiger partial charge in [0.15, 0.2) is 17.3 Å². The summed E-state index contributed by atoms with van der Waals surface area (Å²) in [6, 6.07) is 4.34. The fraction of sp³-hybridized carbons (Fsp3) is 0.500. The summed E-state index contributed by atoms with van der Waals surface area (Å²) in [6.45, 7) is 4.12. The van der Waals surface area contributed by atoms with Gasteiger partial charge in [-0.3, -0.25) is 4.79 Å². The summed E-state index contributed by atoms with van der Waals surface area (Å²) in [7, 11) is 0. The molecule has 0 radical (unpaired) electrons. The first-order valence-electron chi connectivity index (χ1n) is 6.47. The molecule has 1 atom stereocenters. The molecule has 104 valence electrons. The average Bonchev–Trinajstić information content (AvgIpc) is 2.42. The zero-order valence-corrected chi connectivity index (χ0v) is 10.9. The highest BCUT2D eigenvalue weighted by molar-refractivity contribution is 5.96. The lowest BCUT2D eigenvalue weighted by molar-refractivity contribution is 0.0676. The Morgan fingerprint density at radius 2 is 2.42 bits per heavy atom. The smallest absolute Gasteiger partial charge is 0.165 e. The largest absolute Gasteiger partial charge is 0.491 e. The Balaban J connectivity index is 2.00. The second kappa shape index (κ2) is 6.63. The summed E-state index contributed by atoms with van der Waals surface area (Å²) in [5.74, 6) is -0.413. The lowest BCUT2D eigenvalue weighted by Gasteiger charge is -2.23. The summed E-state index contributed by atoms with van der Waals surface area (Å²) in [6.07, 6.45) is 0.313. The number of benzene rings is 1. The van der Waals surface area contributed by atoms with E-state index in [4.69, 9.17) is 9.47 Å². The van der Waals surface area contributed by atoms with E-state index in [0.717, 1.165) is 6.54 Å². The molecule has 19 heavy (non-hydrogen) atoms. The summed E-state index contributed by atoms with van der Waals surface area (Å²) < 4.78 is 24.0. The molecule has 0 aromatic heterocycles. The minimum absolute atomic E-state index is 0.0101. The maximum atomic E-state index is 13.7. The molecule has 1 aliphatic rings. The maximum absolute atomic E-state index is 13.7. The molecule has 0 saturated carbocycles. The Bertz CT molecular complexity index is 444. The summed E-state index contributed by atoms with van der Waals surface area (Å²) >= 11 is 0. The molecule has 0 amide bonds. The predicted molar refractivity (Wildman–Crippen MR) is 69.1 cm³/mol. The molecular formula is C14H18FNO3. The van der Waals surface area contributed by atoms with E-state index < -0.39 is 5.82 Å². The second-order valence-corrected chi connectivity index (χ2v) is 4.43. The number of carbonyl (C=O) groups excluding carboxylic acids is 1. The standard InChI is InChI=1S/C14H18FNO3/c1-2-19-14-4-3-10(7-12(14)15)13(17)8-11-9-18-6-5-16-11/h3-4,7,11,16H,2,5-6,8-9H2,1H3. The van der Waals surface area contributed by atoms with Gasteiger partial charge in [-0.25, -0.2) is 4.39 Å². The van der Waals surface area contributed by atoms with Crippen LogP contribution < -0.4 is 10.1 Å². The number of morpholine rings is 1. The fourth-order valence-electron chi connectivity index (χ4n) is 2.04. The topological polar surface area (TPSA) is 47.6 Å². The van der Waals surface area contributed by atoms with Gasteiger partial charge >= 0.3 is 0 Å². The van der Waals surface area contributed by atoms with Crippen LogP contribution in [0.3, 0.4) is 0 Å². The highest BCUT2D eigenvalue weighted by Crippen LogP contribution is 2.19. The molecule has 1 fully saturated rings. The average molecular weight is 267 g/mol. The Hall–Kier alpha value is -1.46. The molecule has 1 saturated heterocycles. The molecular weight excluding hydrogens is 249 g/mol. The van der Waals surface area contributed by atoms with Crippen LogP contribution in [0.1, 0.15) is 23.7 Å². The number of ketones is 1. The number of rotatable bonds is 5. The summed E-state index contributed by atoms with van der Waals surface area (Å²) in [4.78, 5) is 12.0. The van der Waals surface area contributed by atoms with Crippen LogP contribution in [-0.4, -0.2) is 38.2 Å². The molecule has 4 nitrogen and oxygen atoms in total. The highest BCUT2D eigenvalue weighted by Gasteiger charge is 2.18. The van der Waals surface area contributed by atoms with Crippen LogP contribution in [-0.2, 0) is 4.74 Å². The highest BCUT2D eigenvalue weighted by atomic mass is 19.1. The van der Waals surface area contributed by atoms with Crippen molar-refractivity contribution < 1.29 is 18.7 Å². The van der Waals surface area contributed by atoms with E-state index in [1.54, 1.807) is 13.0 Å². The quantitative estimate of drug-likeness (QED) is 0.826. The molecule has 0 aliphatic carbocycles. The lowest BCUT2D eigenvalue weighted by Crippen LogP contribution is -2.42. The summed E-state index contributed by atoms with van der Waals surface area (Å²) in [5.41, 5.74) is 0.369. The Labute approximate surface area is 111 Å². The van der Waals surface area contributed by atoms with E-state index >= 15 is 0 Å². The van der Waals surface area contributed by atoms with Crippen molar-refractivity contribution in [1.82, 2.24) is 5.32 Å². The Morgan fingerprint density at radius 1 is 1.58 bits per heavy atom. The van der Waals surface area contributed by atoms with E-state index in [-0.39, 0.29) is 17.6 Å². The fourth-order valence-corrected chi connectivity index (χ4v) is 2.04. The minimum Gasteiger partial charge on any atom is -0.491 e. The van der Waals surface area contributed by atoms with Crippen molar-refractivity contribution in [3.63, 3.8) is 0 Å². The molecule has 1 aliphatic heterocycles. The van der Waals surface area contributed by atoms with Gasteiger partial charge in [0.1, 0.15) is 0 Å². The molecule has 1 heterocycles. The zero-order chi connectivity index (χ0) is 13.7. The second-order valence-electron chi connectivity index (χ2n) is 4.43. The van der Waals surface area contributed by atoms with E-state index in [1.165, 1.54) is 12.1 Å². The van der Waals surface area contributed by atoms with Crippen molar-refractivity contribution in [3.8, 4) is 5.75 Å². The molecule has 0 bridgehead atoms. The van der Waals surface area contributed by atoms with Gasteiger partial charge in [-0.2, -0.15) is 0 Å². The molecule has 1 aromatic carbocycles. The third kappa shape index (κ3) is 3.75. The van der Waals surface area contributed by atoms with Crippen LogP contribution in [0.15, 0.2) is 18.2 Å². The number of ether oxygens (including phenoxy) is 2. The molecule has 2 rings (SSSR count). The van der Waals surface area contributed by atoms with Crippen molar-refractivity contribution in [1.29, 1.82) is 0 Å². The maximum Gasteiger partial charge on any atom is 0.165 e. The van der Waals surface area contributed by atoms with Gasteiger partial charge in [0.05, 0.1) is 19.8 Å². The van der Waals surface area contributed by atoms with E-state index in [2.05, 4.69) is 5.32 Å². The number of carbonyl (C=O) groups is 1. The summed E-state index contributed by atoms with van der Waals surface area (Å²) in [5, 5.41) is 3.20. The van der Waals surface area contributed by atoms with Gasteiger partial charge in [0.25, 0.3) is 0 Å². The van der Waals surface area contributed by atoms with Crippen molar-refractivity contribution >= 4 is 5.78 Å². The first-order valence-corrected chi connectivity index (χ1v) is 6.47. The number of Topliss-reactive ketones (excluding diaryl/α,β-unsaturated/α-hetero) is 1. The third-order valence-electron chi connectivity index (χ3n) is 2.98. The molecule has 1 unspecified atom stereocenters. The monoisotopic (exact) mass is 267 g/mol. The first kappa shape index (κ1) is 14.0. The minimum atomic E-state index is -0.499. The van der Waals surface area contributed by atoms with Crippen LogP contribution in [0, 0.1) is 5.82 Å². The van der Waals surface area contributed by atoms with Gasteiger partial charge < -0.3 is 14.8 Å². The predicted octanol–water partition coefficient (Wildman–Crippen LogP) is 1.79. The molecule has 5 heteroatoms.